The van der Waals surface area contributed by atoms with E-state index in [9.17, 15) is 9.90 Å². The molecule has 0 bridgehead atoms. The SMILES string of the molecule is O=C(O)[C@@H]1/C(=C\c2ccccc2)[C@@H]1c1ccccc1. The number of hydrogen-bond acceptors (Lipinski definition) is 1. The first-order valence-corrected chi connectivity index (χ1v) is 6.31. The molecule has 1 fully saturated rings. The summed E-state index contributed by atoms with van der Waals surface area (Å²) < 4.78 is 0. The summed E-state index contributed by atoms with van der Waals surface area (Å²) in [5, 5.41) is 9.29. The van der Waals surface area contributed by atoms with Crippen LogP contribution in [0, 0.1) is 5.92 Å². The Morgan fingerprint density at radius 3 is 2.11 bits per heavy atom. The summed E-state index contributed by atoms with van der Waals surface area (Å²) >= 11 is 0. The Hall–Kier alpha value is -2.35. The lowest BCUT2D eigenvalue weighted by molar-refractivity contribution is -0.138. The van der Waals surface area contributed by atoms with Gasteiger partial charge in [0.1, 0.15) is 0 Å². The van der Waals surface area contributed by atoms with Gasteiger partial charge in [0.25, 0.3) is 0 Å². The average molecular weight is 250 g/mol. The first kappa shape index (κ1) is 11.7. The lowest BCUT2D eigenvalue weighted by Crippen LogP contribution is -1.98. The van der Waals surface area contributed by atoms with Crippen molar-refractivity contribution < 1.29 is 9.90 Å². The molecule has 2 atom stereocenters. The van der Waals surface area contributed by atoms with Crippen LogP contribution in [-0.4, -0.2) is 11.1 Å². The number of benzene rings is 2. The van der Waals surface area contributed by atoms with Crippen LogP contribution in [0.1, 0.15) is 17.0 Å². The van der Waals surface area contributed by atoms with Gasteiger partial charge >= 0.3 is 5.97 Å². The molecular formula is C17H14O2. The highest BCUT2D eigenvalue weighted by molar-refractivity contribution is 5.86. The minimum absolute atomic E-state index is 0.0268. The fourth-order valence-corrected chi connectivity index (χ4v) is 2.53. The van der Waals surface area contributed by atoms with Gasteiger partial charge in [-0.15, -0.1) is 0 Å². The molecule has 0 saturated heterocycles. The number of hydrogen-bond donors (Lipinski definition) is 1. The van der Waals surface area contributed by atoms with E-state index in [4.69, 9.17) is 0 Å². The Labute approximate surface area is 112 Å². The Morgan fingerprint density at radius 2 is 1.53 bits per heavy atom. The summed E-state index contributed by atoms with van der Waals surface area (Å²) in [6.45, 7) is 0. The molecular weight excluding hydrogens is 236 g/mol. The average Bonchev–Trinajstić information content (AvgIpc) is 3.15. The van der Waals surface area contributed by atoms with Gasteiger partial charge in [0.2, 0.25) is 0 Å². The van der Waals surface area contributed by atoms with E-state index in [2.05, 4.69) is 0 Å². The summed E-state index contributed by atoms with van der Waals surface area (Å²) in [6.07, 6.45) is 2.00. The van der Waals surface area contributed by atoms with E-state index < -0.39 is 5.97 Å². The van der Waals surface area contributed by atoms with Crippen LogP contribution in [0.25, 0.3) is 6.08 Å². The van der Waals surface area contributed by atoms with Crippen LogP contribution in [0.15, 0.2) is 66.2 Å². The molecule has 0 heterocycles. The van der Waals surface area contributed by atoms with Gasteiger partial charge in [-0.25, -0.2) is 0 Å². The third-order valence-electron chi connectivity index (χ3n) is 3.50. The van der Waals surface area contributed by atoms with Crippen molar-refractivity contribution in [2.45, 2.75) is 5.92 Å². The van der Waals surface area contributed by atoms with Crippen LogP contribution in [0.5, 0.6) is 0 Å². The molecule has 1 saturated carbocycles. The molecule has 2 nitrogen and oxygen atoms in total. The molecule has 0 aliphatic heterocycles. The van der Waals surface area contributed by atoms with Gasteiger partial charge in [-0.2, -0.15) is 0 Å². The van der Waals surface area contributed by atoms with Crippen molar-refractivity contribution in [3.63, 3.8) is 0 Å². The lowest BCUT2D eigenvalue weighted by Gasteiger charge is -1.95. The summed E-state index contributed by atoms with van der Waals surface area (Å²) in [4.78, 5) is 11.3. The normalized spacial score (nSPS) is 23.3. The summed E-state index contributed by atoms with van der Waals surface area (Å²) in [5.74, 6) is -1.09. The van der Waals surface area contributed by atoms with Gasteiger partial charge in [0, 0.05) is 5.92 Å². The number of carbonyl (C=O) groups is 1. The van der Waals surface area contributed by atoms with E-state index in [0.717, 1.165) is 16.7 Å². The molecule has 19 heavy (non-hydrogen) atoms. The predicted molar refractivity (Wildman–Crippen MR) is 74.7 cm³/mol. The quantitative estimate of drug-likeness (QED) is 0.904. The van der Waals surface area contributed by atoms with Crippen molar-refractivity contribution >= 4 is 12.0 Å². The van der Waals surface area contributed by atoms with E-state index in [0.29, 0.717) is 0 Å². The van der Waals surface area contributed by atoms with Crippen LogP contribution in [0.3, 0.4) is 0 Å². The van der Waals surface area contributed by atoms with Gasteiger partial charge in [-0.1, -0.05) is 66.7 Å². The largest absolute Gasteiger partial charge is 0.481 e. The number of rotatable bonds is 3. The maximum atomic E-state index is 11.3. The molecule has 3 rings (SSSR count). The minimum Gasteiger partial charge on any atom is -0.481 e. The van der Waals surface area contributed by atoms with Crippen LogP contribution in [0.2, 0.25) is 0 Å². The molecule has 0 spiro atoms. The smallest absolute Gasteiger partial charge is 0.311 e. The second-order valence-corrected chi connectivity index (χ2v) is 4.76. The molecule has 1 N–H and O–H groups in total. The first-order valence-electron chi connectivity index (χ1n) is 6.31. The highest BCUT2D eigenvalue weighted by Crippen LogP contribution is 2.54. The van der Waals surface area contributed by atoms with Crippen LogP contribution in [0.4, 0.5) is 0 Å². The van der Waals surface area contributed by atoms with Gasteiger partial charge in [-0.05, 0) is 16.7 Å². The van der Waals surface area contributed by atoms with Gasteiger partial charge in [0.05, 0.1) is 5.92 Å². The maximum absolute atomic E-state index is 11.3. The van der Waals surface area contributed by atoms with E-state index in [-0.39, 0.29) is 11.8 Å². The van der Waals surface area contributed by atoms with Crippen LogP contribution < -0.4 is 0 Å². The van der Waals surface area contributed by atoms with Crippen molar-refractivity contribution in [1.29, 1.82) is 0 Å². The maximum Gasteiger partial charge on any atom is 0.311 e. The Kier molecular flexibility index (Phi) is 2.92. The molecule has 1 aliphatic rings. The van der Waals surface area contributed by atoms with Crippen molar-refractivity contribution in [1.82, 2.24) is 0 Å². The van der Waals surface area contributed by atoms with Crippen molar-refractivity contribution in [3.05, 3.63) is 77.4 Å². The molecule has 0 radical (unpaired) electrons. The summed E-state index contributed by atoms with van der Waals surface area (Å²) in [6, 6.07) is 19.7. The molecule has 2 aromatic rings. The third-order valence-corrected chi connectivity index (χ3v) is 3.50. The fourth-order valence-electron chi connectivity index (χ4n) is 2.53. The predicted octanol–water partition coefficient (Wildman–Crippen LogP) is 3.57. The van der Waals surface area contributed by atoms with E-state index >= 15 is 0 Å². The van der Waals surface area contributed by atoms with Crippen molar-refractivity contribution in [2.24, 2.45) is 5.92 Å². The van der Waals surface area contributed by atoms with Crippen molar-refractivity contribution in [3.8, 4) is 0 Å². The molecule has 0 aromatic heterocycles. The molecule has 94 valence electrons. The molecule has 2 heteroatoms. The van der Waals surface area contributed by atoms with E-state index in [1.54, 1.807) is 0 Å². The minimum atomic E-state index is -0.740. The molecule has 0 unspecified atom stereocenters. The second kappa shape index (κ2) is 4.73. The van der Waals surface area contributed by atoms with E-state index in [1.807, 2.05) is 66.7 Å². The van der Waals surface area contributed by atoms with Gasteiger partial charge < -0.3 is 5.11 Å². The van der Waals surface area contributed by atoms with Crippen LogP contribution >= 0.6 is 0 Å². The zero-order valence-electron chi connectivity index (χ0n) is 10.4. The zero-order valence-corrected chi connectivity index (χ0v) is 10.4. The van der Waals surface area contributed by atoms with Crippen LogP contribution in [-0.2, 0) is 4.79 Å². The highest BCUT2D eigenvalue weighted by Gasteiger charge is 2.50. The Balaban J connectivity index is 1.94. The number of carboxylic acid groups (broad SMARTS) is 1. The monoisotopic (exact) mass is 250 g/mol. The molecule has 1 aliphatic carbocycles. The lowest BCUT2D eigenvalue weighted by atomic mass is 10.1. The Bertz CT molecular complexity index is 614. The summed E-state index contributed by atoms with van der Waals surface area (Å²) in [7, 11) is 0. The van der Waals surface area contributed by atoms with Gasteiger partial charge in [0.15, 0.2) is 0 Å². The van der Waals surface area contributed by atoms with Crippen molar-refractivity contribution in [2.75, 3.05) is 0 Å². The Morgan fingerprint density at radius 1 is 0.947 bits per heavy atom. The topological polar surface area (TPSA) is 37.3 Å². The third kappa shape index (κ3) is 2.29. The number of carboxylic acids is 1. The molecule has 2 aromatic carbocycles. The first-order chi connectivity index (χ1) is 9.27. The van der Waals surface area contributed by atoms with Gasteiger partial charge in [-0.3, -0.25) is 4.79 Å². The second-order valence-electron chi connectivity index (χ2n) is 4.76. The number of aliphatic carboxylic acids is 1. The van der Waals surface area contributed by atoms with E-state index in [1.165, 1.54) is 0 Å². The zero-order chi connectivity index (χ0) is 13.2. The fraction of sp³-hybridized carbons (Fsp3) is 0.118. The summed E-state index contributed by atoms with van der Waals surface area (Å²) in [5.41, 5.74) is 3.13. The molecule has 0 amide bonds. The highest BCUT2D eigenvalue weighted by atomic mass is 16.4. The standard InChI is InChI=1S/C17H14O2/c18-17(19)16-14(11-12-7-3-1-4-8-12)15(16)13-9-5-2-6-10-13/h1-11,15-16H,(H,18,19)/b14-11-/t15-,16+/m0/s1.